The smallest absolute Gasteiger partial charge is 0.408 e. The Morgan fingerprint density at radius 2 is 1.43 bits per heavy atom. The van der Waals surface area contributed by atoms with Gasteiger partial charge in [-0.25, -0.2) is 4.79 Å². The van der Waals surface area contributed by atoms with E-state index in [0.29, 0.717) is 42.4 Å². The summed E-state index contributed by atoms with van der Waals surface area (Å²) in [4.78, 5) is 39.6. The molecule has 0 radical (unpaired) electrons. The summed E-state index contributed by atoms with van der Waals surface area (Å²) >= 11 is 0. The van der Waals surface area contributed by atoms with Crippen LogP contribution in [0.15, 0.2) is 12.2 Å². The van der Waals surface area contributed by atoms with Crippen LogP contribution in [-0.2, 0) is 19.1 Å². The van der Waals surface area contributed by atoms with E-state index in [1.54, 1.807) is 6.92 Å². The molecule has 6 saturated carbocycles. The molecule has 0 unspecified atom stereocenters. The van der Waals surface area contributed by atoms with Crippen molar-refractivity contribution >= 4 is 18.0 Å². The summed E-state index contributed by atoms with van der Waals surface area (Å²) in [5, 5.41) is 13.6. The first-order valence-electron chi connectivity index (χ1n) is 20.4. The van der Waals surface area contributed by atoms with Crippen LogP contribution in [-0.4, -0.2) is 40.4 Å². The summed E-state index contributed by atoms with van der Waals surface area (Å²) in [6.45, 7) is 30.7. The fourth-order valence-corrected chi connectivity index (χ4v) is 14.6. The lowest BCUT2D eigenvalue weighted by molar-refractivity contribution is -0.247. The number of hydrogen-bond donors (Lipinski definition) is 2. The number of alkyl carbamates (subject to hydrolysis) is 1. The first-order chi connectivity index (χ1) is 23.3. The maximum absolute atomic E-state index is 13.9. The van der Waals surface area contributed by atoms with Crippen LogP contribution in [0.2, 0.25) is 0 Å². The zero-order chi connectivity index (χ0) is 38.0. The molecule has 0 aromatic carbocycles. The summed E-state index contributed by atoms with van der Waals surface area (Å²) in [5.41, 5.74) is -0.889. The zero-order valence-corrected chi connectivity index (χ0v) is 34.2. The third kappa shape index (κ3) is 5.48. The van der Waals surface area contributed by atoms with Crippen molar-refractivity contribution in [1.29, 1.82) is 0 Å². The quantitative estimate of drug-likeness (QED) is 0.218. The highest BCUT2D eigenvalue weighted by molar-refractivity contribution is 5.81. The van der Waals surface area contributed by atoms with Crippen LogP contribution in [0, 0.1) is 68.0 Å². The van der Waals surface area contributed by atoms with Gasteiger partial charge in [0.05, 0.1) is 11.3 Å². The molecule has 7 heteroatoms. The van der Waals surface area contributed by atoms with Gasteiger partial charge in [0.2, 0.25) is 0 Å². The molecule has 288 valence electrons. The second-order valence-corrected chi connectivity index (χ2v) is 21.7. The normalized spacial score (nSPS) is 46.8. The van der Waals surface area contributed by atoms with Gasteiger partial charge >= 0.3 is 18.0 Å². The fourth-order valence-electron chi connectivity index (χ4n) is 14.6. The summed E-state index contributed by atoms with van der Waals surface area (Å²) in [7, 11) is 0. The van der Waals surface area contributed by atoms with Gasteiger partial charge in [0.15, 0.2) is 0 Å². The summed E-state index contributed by atoms with van der Waals surface area (Å²) < 4.78 is 12.4. The Kier molecular flexibility index (Phi) is 9.08. The first-order valence-corrected chi connectivity index (χ1v) is 20.4. The van der Waals surface area contributed by atoms with Crippen molar-refractivity contribution in [2.45, 2.75) is 177 Å². The van der Waals surface area contributed by atoms with Crippen LogP contribution in [0.3, 0.4) is 0 Å². The van der Waals surface area contributed by atoms with Crippen molar-refractivity contribution in [2.75, 3.05) is 0 Å². The van der Waals surface area contributed by atoms with Crippen LogP contribution in [0.5, 0.6) is 0 Å². The minimum absolute atomic E-state index is 0.134. The van der Waals surface area contributed by atoms with Gasteiger partial charge in [-0.1, -0.05) is 60.6 Å². The number of carboxylic acid groups (broad SMARTS) is 1. The molecule has 0 aliphatic heterocycles. The average Bonchev–Trinajstić information content (AvgIpc) is 3.48. The molecule has 2 N–H and O–H groups in total. The van der Waals surface area contributed by atoms with E-state index in [1.807, 2.05) is 34.6 Å². The standard InChI is InChI=1S/C44H71NO6/c1-26(2)27-16-23-44(45-36(49)51-37(3,4)5)25-24-41(11)28(33(27)44)14-15-31-40(10)20-19-32(38(6,7)30(40)18-22-42(31,41)12)50-34(46)29-17-21-43(13,35(47)48)39(29,8)9/h27-33H,1,14-25H2,2-13H3,(H,45,49)(H,47,48)/t27-,28+,29+,30-,31+,32-,33+,40-,41+,42+,43-,44-/m0/s1. The lowest BCUT2D eigenvalue weighted by Gasteiger charge is -2.73. The monoisotopic (exact) mass is 710 g/mol. The highest BCUT2D eigenvalue weighted by Gasteiger charge is 2.71. The van der Waals surface area contributed by atoms with Crippen molar-refractivity contribution in [3.63, 3.8) is 0 Å². The van der Waals surface area contributed by atoms with Gasteiger partial charge < -0.3 is 19.9 Å². The van der Waals surface area contributed by atoms with Gasteiger partial charge in [0.1, 0.15) is 11.7 Å². The largest absolute Gasteiger partial charge is 0.481 e. The Bertz CT molecular complexity index is 1460. The second-order valence-electron chi connectivity index (χ2n) is 21.7. The maximum atomic E-state index is 13.9. The minimum atomic E-state index is -0.937. The Morgan fingerprint density at radius 3 is 2.02 bits per heavy atom. The van der Waals surface area contributed by atoms with E-state index < -0.39 is 28.3 Å². The Hall–Kier alpha value is -2.05. The molecule has 0 aromatic heterocycles. The summed E-state index contributed by atoms with van der Waals surface area (Å²) in [6.07, 6.45) is 11.3. The molecule has 6 aliphatic rings. The molecule has 6 aliphatic carbocycles. The molecule has 0 bridgehead atoms. The van der Waals surface area contributed by atoms with Crippen LogP contribution < -0.4 is 5.32 Å². The molecular formula is C44H71NO6. The first kappa shape index (κ1) is 38.7. The number of rotatable bonds is 5. The lowest BCUT2D eigenvalue weighted by atomic mass is 9.32. The predicted octanol–water partition coefficient (Wildman–Crippen LogP) is 10.4. The molecule has 6 fully saturated rings. The Labute approximate surface area is 309 Å². The number of aliphatic carboxylic acids is 1. The van der Waals surface area contributed by atoms with Gasteiger partial charge in [-0.05, 0) is 163 Å². The number of carbonyl (C=O) groups excluding carboxylic acids is 2. The molecule has 51 heavy (non-hydrogen) atoms. The third-order valence-electron chi connectivity index (χ3n) is 18.0. The van der Waals surface area contributed by atoms with Crippen molar-refractivity contribution in [3.05, 3.63) is 12.2 Å². The minimum Gasteiger partial charge on any atom is -0.481 e. The SMILES string of the molecule is C=C(C)[C@@H]1CC[C@]2(NC(=O)OC(C)(C)C)CC[C@]3(C)[C@H](CC[C@@H]4[C@@]5(C)CC[C@H](OC(=O)[C@H]6CC[C@@](C)(C(=O)O)C6(C)C)C(C)(C)[C@@H]5CC[C@]43C)[C@@H]12. The summed E-state index contributed by atoms with van der Waals surface area (Å²) in [6, 6.07) is 0. The molecule has 0 heterocycles. The number of nitrogens with one attached hydrogen (secondary N) is 1. The van der Waals surface area contributed by atoms with E-state index in [1.165, 1.54) is 24.8 Å². The van der Waals surface area contributed by atoms with Gasteiger partial charge in [0.25, 0.3) is 0 Å². The molecule has 7 nitrogen and oxygen atoms in total. The number of ether oxygens (including phenoxy) is 2. The molecule has 1 amide bonds. The van der Waals surface area contributed by atoms with Gasteiger partial charge in [-0.15, -0.1) is 0 Å². The van der Waals surface area contributed by atoms with E-state index >= 15 is 0 Å². The number of amides is 1. The van der Waals surface area contributed by atoms with Crippen molar-refractivity contribution < 1.29 is 29.0 Å². The average molecular weight is 710 g/mol. The molecule has 6 rings (SSSR count). The zero-order valence-electron chi connectivity index (χ0n) is 34.2. The predicted molar refractivity (Wildman–Crippen MR) is 201 cm³/mol. The lowest BCUT2D eigenvalue weighted by Crippen LogP contribution is -2.69. The van der Waals surface area contributed by atoms with E-state index in [2.05, 4.69) is 53.4 Å². The number of esters is 1. The maximum Gasteiger partial charge on any atom is 0.408 e. The van der Waals surface area contributed by atoms with Crippen molar-refractivity contribution in [2.24, 2.45) is 68.0 Å². The Morgan fingerprint density at radius 1 is 0.765 bits per heavy atom. The highest BCUT2D eigenvalue weighted by atomic mass is 16.6. The molecule has 0 saturated heterocycles. The van der Waals surface area contributed by atoms with E-state index in [-0.39, 0.29) is 45.4 Å². The van der Waals surface area contributed by atoms with Gasteiger partial charge in [0, 0.05) is 11.0 Å². The highest BCUT2D eigenvalue weighted by Crippen LogP contribution is 2.76. The van der Waals surface area contributed by atoms with Crippen molar-refractivity contribution in [1.82, 2.24) is 5.32 Å². The van der Waals surface area contributed by atoms with Gasteiger partial charge in [-0.2, -0.15) is 0 Å². The van der Waals surface area contributed by atoms with E-state index in [4.69, 9.17) is 9.47 Å². The van der Waals surface area contributed by atoms with Crippen molar-refractivity contribution in [3.8, 4) is 0 Å². The number of allylic oxidation sites excluding steroid dienone is 1. The van der Waals surface area contributed by atoms with Crippen LogP contribution >= 0.6 is 0 Å². The van der Waals surface area contributed by atoms with Crippen LogP contribution in [0.1, 0.15) is 160 Å². The topological polar surface area (TPSA) is 102 Å². The van der Waals surface area contributed by atoms with E-state index in [0.717, 1.165) is 44.9 Å². The number of fused-ring (bicyclic) bond motifs is 7. The molecule has 0 aromatic rings. The van der Waals surface area contributed by atoms with Crippen LogP contribution in [0.4, 0.5) is 4.79 Å². The molecule has 0 spiro atoms. The Balaban J connectivity index is 1.24. The summed E-state index contributed by atoms with van der Waals surface area (Å²) in [5.74, 6) is 0.838. The number of carboxylic acids is 1. The van der Waals surface area contributed by atoms with Crippen LogP contribution in [0.25, 0.3) is 0 Å². The van der Waals surface area contributed by atoms with E-state index in [9.17, 15) is 19.5 Å². The third-order valence-corrected chi connectivity index (χ3v) is 18.0. The second kappa shape index (κ2) is 12.0. The fraction of sp³-hybridized carbons (Fsp3) is 0.886. The number of hydrogen-bond acceptors (Lipinski definition) is 5. The number of carbonyl (C=O) groups is 3. The molecule has 12 atom stereocenters. The van der Waals surface area contributed by atoms with Gasteiger partial charge in [-0.3, -0.25) is 9.59 Å². The molecular weight excluding hydrogens is 638 g/mol.